The molecule has 1 amide bonds. The highest BCUT2D eigenvalue weighted by molar-refractivity contribution is 6.74. The van der Waals surface area contributed by atoms with E-state index in [1.165, 1.54) is 5.57 Å². The van der Waals surface area contributed by atoms with Crippen molar-refractivity contribution >= 4 is 14.2 Å². The van der Waals surface area contributed by atoms with Crippen molar-refractivity contribution in [3.8, 4) is 0 Å². The lowest BCUT2D eigenvalue weighted by Gasteiger charge is -2.42. The molecule has 3 fully saturated rings. The van der Waals surface area contributed by atoms with Crippen molar-refractivity contribution < 1.29 is 18.7 Å². The average Bonchev–Trinajstić information content (AvgIpc) is 3.57. The number of carbonyl (C=O) groups is 1. The van der Waals surface area contributed by atoms with Gasteiger partial charge in [-0.25, -0.2) is 0 Å². The number of carbonyl (C=O) groups excluding carboxylic acids is 1. The molecule has 216 valence electrons. The molecule has 1 N–H and O–H groups in total. The molecule has 3 aliphatic rings. The highest BCUT2D eigenvalue weighted by atomic mass is 28.4. The summed E-state index contributed by atoms with van der Waals surface area (Å²) in [6.07, 6.45) is 16.9. The van der Waals surface area contributed by atoms with Gasteiger partial charge in [0, 0.05) is 24.5 Å². The molecule has 6 heteroatoms. The second-order valence-corrected chi connectivity index (χ2v) is 19.1. The van der Waals surface area contributed by atoms with Crippen LogP contribution in [0.25, 0.3) is 0 Å². The third kappa shape index (κ3) is 8.64. The van der Waals surface area contributed by atoms with Crippen molar-refractivity contribution in [2.24, 2.45) is 11.8 Å². The van der Waals surface area contributed by atoms with E-state index in [0.29, 0.717) is 11.8 Å². The van der Waals surface area contributed by atoms with Gasteiger partial charge in [0.05, 0.1) is 30.0 Å². The molecule has 0 bridgehead atoms. The van der Waals surface area contributed by atoms with E-state index in [-0.39, 0.29) is 40.4 Å². The molecule has 2 heterocycles. The average molecular weight is 546 g/mol. The summed E-state index contributed by atoms with van der Waals surface area (Å²) >= 11 is 0. The number of nitrogens with one attached hydrogen (secondary N) is 1. The van der Waals surface area contributed by atoms with E-state index in [2.05, 4.69) is 85.1 Å². The predicted octanol–water partition coefficient (Wildman–Crippen LogP) is 7.49. The molecule has 0 aromatic carbocycles. The fourth-order valence-corrected chi connectivity index (χ4v) is 7.08. The minimum absolute atomic E-state index is 0.000670. The van der Waals surface area contributed by atoms with E-state index < -0.39 is 8.32 Å². The van der Waals surface area contributed by atoms with Crippen LogP contribution in [0.3, 0.4) is 0 Å². The number of hydrogen-bond donors (Lipinski definition) is 1. The molecule has 1 spiro atoms. The van der Waals surface area contributed by atoms with Crippen LogP contribution >= 0.6 is 0 Å². The van der Waals surface area contributed by atoms with Gasteiger partial charge in [-0.1, -0.05) is 57.6 Å². The van der Waals surface area contributed by atoms with E-state index in [9.17, 15) is 4.79 Å². The molecule has 0 aromatic rings. The first-order chi connectivity index (χ1) is 17.5. The first-order valence-electron chi connectivity index (χ1n) is 14.9. The summed E-state index contributed by atoms with van der Waals surface area (Å²) in [7, 11) is -1.84. The standard InChI is InChI=1S/C32H55NO4Si/c1-23(12-19-28-25(3)32(22-35-32)21-31(7,8)36-28)11-14-26-15-17-27(18-16-26)33-29(34)20-13-24(2)37-38(9,10)30(4,5)6/h11-13,19-20,24-28H,14-18,21-22H2,1-10H3,(H,33,34)/b19-12+,20-13-,23-11+/t24-,25+,26-,27+,28+,32+/m0/s1. The van der Waals surface area contributed by atoms with Crippen molar-refractivity contribution in [3.05, 3.63) is 36.0 Å². The Labute approximate surface area is 234 Å². The second-order valence-electron chi connectivity index (χ2n) is 14.4. The maximum Gasteiger partial charge on any atom is 0.243 e. The molecule has 0 radical (unpaired) electrons. The largest absolute Gasteiger partial charge is 0.411 e. The van der Waals surface area contributed by atoms with Gasteiger partial charge < -0.3 is 19.2 Å². The van der Waals surface area contributed by atoms with Crippen LogP contribution in [0.5, 0.6) is 0 Å². The van der Waals surface area contributed by atoms with Crippen LogP contribution in [-0.2, 0) is 18.7 Å². The third-order valence-electron chi connectivity index (χ3n) is 9.34. The molecule has 3 rings (SSSR count). The molecular formula is C32H55NO4Si. The minimum atomic E-state index is -1.84. The fraction of sp³-hybridized carbons (Fsp3) is 0.781. The van der Waals surface area contributed by atoms with E-state index >= 15 is 0 Å². The molecule has 38 heavy (non-hydrogen) atoms. The second kappa shape index (κ2) is 12.1. The van der Waals surface area contributed by atoms with Gasteiger partial charge in [0.1, 0.15) is 0 Å². The number of rotatable bonds is 9. The van der Waals surface area contributed by atoms with E-state index in [0.717, 1.165) is 45.1 Å². The van der Waals surface area contributed by atoms with Crippen molar-refractivity contribution in [3.63, 3.8) is 0 Å². The fourth-order valence-electron chi connectivity index (χ4n) is 5.72. The van der Waals surface area contributed by atoms with Crippen molar-refractivity contribution in [2.45, 2.75) is 141 Å². The maximum atomic E-state index is 12.5. The van der Waals surface area contributed by atoms with Gasteiger partial charge in [-0.3, -0.25) is 4.79 Å². The predicted molar refractivity (Wildman–Crippen MR) is 160 cm³/mol. The summed E-state index contributed by atoms with van der Waals surface area (Å²) in [5.74, 6) is 1.07. The molecule has 4 atom stereocenters. The van der Waals surface area contributed by atoms with Gasteiger partial charge in [0.15, 0.2) is 8.32 Å². The Morgan fingerprint density at radius 3 is 2.37 bits per heavy atom. The van der Waals surface area contributed by atoms with Crippen LogP contribution in [-0.4, -0.2) is 50.3 Å². The molecular weight excluding hydrogens is 490 g/mol. The lowest BCUT2D eigenvalue weighted by molar-refractivity contribution is -0.140. The topological polar surface area (TPSA) is 60.1 Å². The van der Waals surface area contributed by atoms with Crippen molar-refractivity contribution in [2.75, 3.05) is 6.61 Å². The monoisotopic (exact) mass is 545 g/mol. The highest BCUT2D eigenvalue weighted by Crippen LogP contribution is 2.49. The SMILES string of the molecule is CC(/C=C/[C@H]1OC(C)(C)C[C@@]2(CO2)[C@@H]1C)=C\C[C@H]1CC[C@@H](NC(=O)/C=C\[C@H](C)O[Si](C)(C)C(C)(C)C)CC1. The number of amides is 1. The van der Waals surface area contributed by atoms with Gasteiger partial charge in [-0.2, -0.15) is 0 Å². The Bertz CT molecular complexity index is 901. The molecule has 0 unspecified atom stereocenters. The van der Waals surface area contributed by atoms with E-state index in [1.807, 2.05) is 13.0 Å². The van der Waals surface area contributed by atoms with Crippen molar-refractivity contribution in [1.29, 1.82) is 0 Å². The number of allylic oxidation sites excluding steroid dienone is 3. The Morgan fingerprint density at radius 1 is 1.16 bits per heavy atom. The number of ether oxygens (including phenoxy) is 2. The summed E-state index contributed by atoms with van der Waals surface area (Å²) in [5.41, 5.74) is 1.18. The van der Waals surface area contributed by atoms with Gasteiger partial charge >= 0.3 is 0 Å². The van der Waals surface area contributed by atoms with Crippen LogP contribution < -0.4 is 5.32 Å². The van der Waals surface area contributed by atoms with Crippen molar-refractivity contribution in [1.82, 2.24) is 5.32 Å². The number of hydrogen-bond acceptors (Lipinski definition) is 4. The van der Waals surface area contributed by atoms with Crippen LogP contribution in [0, 0.1) is 11.8 Å². The molecule has 2 aliphatic heterocycles. The minimum Gasteiger partial charge on any atom is -0.411 e. The zero-order valence-corrected chi connectivity index (χ0v) is 26.9. The van der Waals surface area contributed by atoms with E-state index in [1.54, 1.807) is 6.08 Å². The lowest BCUT2D eigenvalue weighted by Crippen LogP contribution is -2.49. The Morgan fingerprint density at radius 2 is 1.79 bits per heavy atom. The maximum absolute atomic E-state index is 12.5. The summed E-state index contributed by atoms with van der Waals surface area (Å²) in [4.78, 5) is 12.5. The Balaban J connectivity index is 1.39. The zero-order chi connectivity index (χ0) is 28.4. The lowest BCUT2D eigenvalue weighted by atomic mass is 9.78. The van der Waals surface area contributed by atoms with Crippen LogP contribution in [0.2, 0.25) is 18.1 Å². The molecule has 1 aliphatic carbocycles. The highest BCUT2D eigenvalue weighted by Gasteiger charge is 2.58. The molecule has 1 saturated carbocycles. The Hall–Kier alpha value is -1.21. The molecule has 5 nitrogen and oxygen atoms in total. The Kier molecular flexibility index (Phi) is 9.98. The van der Waals surface area contributed by atoms with Crippen LogP contribution in [0.15, 0.2) is 36.0 Å². The summed E-state index contributed by atoms with van der Waals surface area (Å²) < 4.78 is 18.6. The van der Waals surface area contributed by atoms with Crippen LogP contribution in [0.1, 0.15) is 93.9 Å². The van der Waals surface area contributed by atoms with Gasteiger partial charge in [0.25, 0.3) is 0 Å². The van der Waals surface area contributed by atoms with Gasteiger partial charge in [-0.05, 0) is 83.8 Å². The van der Waals surface area contributed by atoms with Gasteiger partial charge in [-0.15, -0.1) is 0 Å². The third-order valence-corrected chi connectivity index (χ3v) is 13.9. The molecule has 2 saturated heterocycles. The first-order valence-corrected chi connectivity index (χ1v) is 17.8. The number of epoxide rings is 1. The summed E-state index contributed by atoms with van der Waals surface area (Å²) in [6, 6.07) is 0.273. The quantitative estimate of drug-likeness (QED) is 0.141. The van der Waals surface area contributed by atoms with Gasteiger partial charge in [0.2, 0.25) is 5.91 Å². The summed E-state index contributed by atoms with van der Waals surface area (Å²) in [5, 5.41) is 3.37. The normalized spacial score (nSPS) is 33.2. The zero-order valence-electron chi connectivity index (χ0n) is 25.9. The first kappa shape index (κ1) is 31.3. The summed E-state index contributed by atoms with van der Waals surface area (Å²) in [6.45, 7) is 22.9. The molecule has 0 aromatic heterocycles. The smallest absolute Gasteiger partial charge is 0.243 e. The van der Waals surface area contributed by atoms with E-state index in [4.69, 9.17) is 13.9 Å². The van der Waals surface area contributed by atoms with Crippen LogP contribution in [0.4, 0.5) is 0 Å².